The molecule has 0 heterocycles. The van der Waals surface area contributed by atoms with E-state index in [9.17, 15) is 14.4 Å². The maximum Gasteiger partial charge on any atom is 0.321 e. The van der Waals surface area contributed by atoms with Crippen LogP contribution in [0, 0.1) is 0 Å². The van der Waals surface area contributed by atoms with Gasteiger partial charge in [-0.3, -0.25) is 14.9 Å². The Morgan fingerprint density at radius 3 is 2.32 bits per heavy atom. The Morgan fingerprint density at radius 2 is 1.64 bits per heavy atom. The van der Waals surface area contributed by atoms with Gasteiger partial charge >= 0.3 is 6.03 Å². The zero-order valence-corrected chi connectivity index (χ0v) is 16.2. The van der Waals surface area contributed by atoms with Gasteiger partial charge in [0.15, 0.2) is 12.6 Å². The van der Waals surface area contributed by atoms with Crippen molar-refractivity contribution in [2.24, 2.45) is 0 Å². The van der Waals surface area contributed by atoms with Crippen LogP contribution in [0.2, 0.25) is 0 Å². The molecule has 0 saturated carbocycles. The van der Waals surface area contributed by atoms with Crippen molar-refractivity contribution in [1.29, 1.82) is 0 Å². The van der Waals surface area contributed by atoms with E-state index in [-0.39, 0.29) is 12.5 Å². The predicted molar refractivity (Wildman–Crippen MR) is 108 cm³/mol. The molecule has 0 unspecified atom stereocenters. The number of carbonyl (C=O) groups is 3. The number of hydrogen-bond acceptors (Lipinski definition) is 3. The summed E-state index contributed by atoms with van der Waals surface area (Å²) in [6, 6.07) is 15.4. The minimum absolute atomic E-state index is 0.0421. The average molecular weight is 383 g/mol. The number of aryl methyl sites for hydroxylation is 1. The molecular formula is C21H27N4O3+. The van der Waals surface area contributed by atoms with Gasteiger partial charge in [-0.15, -0.1) is 0 Å². The maximum atomic E-state index is 12.6. The van der Waals surface area contributed by atoms with E-state index in [4.69, 9.17) is 0 Å². The molecule has 7 nitrogen and oxygen atoms in total. The second kappa shape index (κ2) is 10.8. The van der Waals surface area contributed by atoms with E-state index in [1.165, 1.54) is 0 Å². The van der Waals surface area contributed by atoms with Gasteiger partial charge in [0.25, 0.3) is 11.8 Å². The van der Waals surface area contributed by atoms with Crippen molar-refractivity contribution in [2.75, 3.05) is 18.4 Å². The summed E-state index contributed by atoms with van der Waals surface area (Å²) in [5.41, 5.74) is 2.53. The summed E-state index contributed by atoms with van der Waals surface area (Å²) in [4.78, 5) is 36.7. The first-order valence-electron chi connectivity index (χ1n) is 9.39. The molecular weight excluding hydrogens is 356 g/mol. The Balaban J connectivity index is 2.05. The Bertz CT molecular complexity index is 808. The number of carbonyl (C=O) groups excluding carboxylic acids is 3. The first kappa shape index (κ1) is 21.1. The highest BCUT2D eigenvalue weighted by molar-refractivity contribution is 5.97. The van der Waals surface area contributed by atoms with Gasteiger partial charge < -0.3 is 16.0 Å². The number of urea groups is 1. The third-order valence-electron chi connectivity index (χ3n) is 4.23. The number of rotatable bonds is 8. The molecule has 2 rings (SSSR count). The van der Waals surface area contributed by atoms with Crippen LogP contribution in [0.3, 0.4) is 0 Å². The zero-order valence-electron chi connectivity index (χ0n) is 16.2. The molecule has 1 atom stereocenters. The Labute approximate surface area is 164 Å². The number of nitrogens with one attached hydrogen (secondary N) is 3. The molecule has 7 heteroatoms. The highest BCUT2D eigenvalue weighted by Crippen LogP contribution is 2.15. The molecule has 0 aromatic heterocycles. The average Bonchev–Trinajstić information content (AvgIpc) is 2.69. The standard InChI is InChI=1S/C21H26N4O3/c1-3-15-10-8-9-13-17(15)24-18(26)14-23-19(16-11-6-5-7-12-16)20(27)25-21(28)22-4-2/h5-13,19,23H,3-4,14H2,1-2H3,(H,24,26)(H2,22,25,27,28)/p+1/t19-/m1/s1. The van der Waals surface area contributed by atoms with E-state index in [2.05, 4.69) is 16.0 Å². The number of nitrogens with two attached hydrogens (primary N) is 1. The van der Waals surface area contributed by atoms with Crippen LogP contribution in [0.5, 0.6) is 0 Å². The van der Waals surface area contributed by atoms with E-state index in [1.807, 2.05) is 49.4 Å². The fraction of sp³-hybridized carbons (Fsp3) is 0.286. The van der Waals surface area contributed by atoms with Gasteiger partial charge in [-0.05, 0) is 25.0 Å². The third kappa shape index (κ3) is 6.21. The molecule has 0 aliphatic rings. The van der Waals surface area contributed by atoms with E-state index in [0.717, 1.165) is 17.7 Å². The number of para-hydroxylation sites is 1. The van der Waals surface area contributed by atoms with Gasteiger partial charge in [0.2, 0.25) is 0 Å². The number of benzene rings is 2. The topological polar surface area (TPSA) is 104 Å². The molecule has 0 fully saturated rings. The number of hydrogen-bond donors (Lipinski definition) is 4. The Morgan fingerprint density at radius 1 is 0.964 bits per heavy atom. The fourth-order valence-corrected chi connectivity index (χ4v) is 2.83. The van der Waals surface area contributed by atoms with Crippen molar-refractivity contribution in [2.45, 2.75) is 26.3 Å². The van der Waals surface area contributed by atoms with Crippen LogP contribution in [0.4, 0.5) is 10.5 Å². The van der Waals surface area contributed by atoms with Crippen LogP contribution in [-0.4, -0.2) is 30.9 Å². The first-order valence-corrected chi connectivity index (χ1v) is 9.39. The third-order valence-corrected chi connectivity index (χ3v) is 4.23. The lowest BCUT2D eigenvalue weighted by Crippen LogP contribution is -2.89. The van der Waals surface area contributed by atoms with Crippen molar-refractivity contribution in [3.05, 3.63) is 65.7 Å². The molecule has 0 saturated heterocycles. The molecule has 0 bridgehead atoms. The molecule has 2 aromatic carbocycles. The van der Waals surface area contributed by atoms with E-state index >= 15 is 0 Å². The molecule has 148 valence electrons. The largest absolute Gasteiger partial charge is 0.338 e. The lowest BCUT2D eigenvalue weighted by Gasteiger charge is -2.16. The van der Waals surface area contributed by atoms with Crippen molar-refractivity contribution in [3.8, 4) is 0 Å². The van der Waals surface area contributed by atoms with Crippen LogP contribution in [0.15, 0.2) is 54.6 Å². The highest BCUT2D eigenvalue weighted by atomic mass is 16.2. The Hall–Kier alpha value is -3.19. The molecule has 0 spiro atoms. The van der Waals surface area contributed by atoms with Gasteiger partial charge in [0, 0.05) is 17.8 Å². The molecule has 0 aliphatic carbocycles. The molecule has 4 amide bonds. The normalized spacial score (nSPS) is 11.4. The molecule has 5 N–H and O–H groups in total. The number of quaternary nitrogens is 1. The molecule has 0 radical (unpaired) electrons. The van der Waals surface area contributed by atoms with Gasteiger partial charge in [0.1, 0.15) is 0 Å². The van der Waals surface area contributed by atoms with Crippen molar-refractivity contribution >= 4 is 23.5 Å². The van der Waals surface area contributed by atoms with Gasteiger partial charge in [0.05, 0.1) is 0 Å². The van der Waals surface area contributed by atoms with Gasteiger partial charge in [-0.2, -0.15) is 0 Å². The summed E-state index contributed by atoms with van der Waals surface area (Å²) in [5.74, 6) is -0.688. The van der Waals surface area contributed by atoms with Crippen LogP contribution in [-0.2, 0) is 16.0 Å². The summed E-state index contributed by atoms with van der Waals surface area (Å²) in [6.45, 7) is 4.25. The van der Waals surface area contributed by atoms with E-state index < -0.39 is 18.0 Å². The van der Waals surface area contributed by atoms with Crippen LogP contribution in [0.1, 0.15) is 31.0 Å². The summed E-state index contributed by atoms with van der Waals surface area (Å²) < 4.78 is 0. The lowest BCUT2D eigenvalue weighted by molar-refractivity contribution is -0.672. The lowest BCUT2D eigenvalue weighted by atomic mass is 10.1. The molecule has 28 heavy (non-hydrogen) atoms. The quantitative estimate of drug-likeness (QED) is 0.553. The van der Waals surface area contributed by atoms with Crippen molar-refractivity contribution < 1.29 is 19.7 Å². The molecule has 2 aromatic rings. The minimum atomic E-state index is -0.712. The first-order chi connectivity index (χ1) is 13.5. The Kier molecular flexibility index (Phi) is 8.17. The van der Waals surface area contributed by atoms with Crippen molar-refractivity contribution in [3.63, 3.8) is 0 Å². The second-order valence-electron chi connectivity index (χ2n) is 6.24. The fourth-order valence-electron chi connectivity index (χ4n) is 2.83. The monoisotopic (exact) mass is 383 g/mol. The van der Waals surface area contributed by atoms with Crippen molar-refractivity contribution in [1.82, 2.24) is 10.6 Å². The van der Waals surface area contributed by atoms with E-state index in [0.29, 0.717) is 12.1 Å². The zero-order chi connectivity index (χ0) is 20.4. The number of anilines is 1. The SMILES string of the molecule is CCNC(=O)NC(=O)[C@H]([NH2+]CC(=O)Nc1ccccc1CC)c1ccccc1. The maximum absolute atomic E-state index is 12.6. The van der Waals surface area contributed by atoms with Crippen LogP contribution >= 0.6 is 0 Å². The second-order valence-corrected chi connectivity index (χ2v) is 6.24. The summed E-state index contributed by atoms with van der Waals surface area (Å²) >= 11 is 0. The van der Waals surface area contributed by atoms with E-state index in [1.54, 1.807) is 24.4 Å². The van der Waals surface area contributed by atoms with Gasteiger partial charge in [-0.1, -0.05) is 55.5 Å². The van der Waals surface area contributed by atoms with Crippen LogP contribution < -0.4 is 21.3 Å². The summed E-state index contributed by atoms with van der Waals surface area (Å²) in [6.07, 6.45) is 0.807. The minimum Gasteiger partial charge on any atom is -0.338 e. The number of amides is 4. The van der Waals surface area contributed by atoms with Gasteiger partial charge in [-0.25, -0.2) is 4.79 Å². The highest BCUT2D eigenvalue weighted by Gasteiger charge is 2.26. The summed E-state index contributed by atoms with van der Waals surface area (Å²) in [7, 11) is 0. The molecule has 0 aliphatic heterocycles. The van der Waals surface area contributed by atoms with Crippen LogP contribution in [0.25, 0.3) is 0 Å². The predicted octanol–water partition coefficient (Wildman–Crippen LogP) is 1.34. The number of imide groups is 1. The summed E-state index contributed by atoms with van der Waals surface area (Å²) in [5, 5.41) is 9.35. The smallest absolute Gasteiger partial charge is 0.321 e.